The molecule has 0 atom stereocenters. The van der Waals surface area contributed by atoms with Gasteiger partial charge in [-0.1, -0.05) is 32.9 Å². The lowest BCUT2D eigenvalue weighted by molar-refractivity contribution is 0.371. The van der Waals surface area contributed by atoms with E-state index >= 15 is 0 Å². The van der Waals surface area contributed by atoms with Crippen molar-refractivity contribution in [2.45, 2.75) is 39.5 Å². The van der Waals surface area contributed by atoms with Gasteiger partial charge in [-0.05, 0) is 12.1 Å². The van der Waals surface area contributed by atoms with Crippen molar-refractivity contribution in [3.63, 3.8) is 0 Å². The van der Waals surface area contributed by atoms with Crippen LogP contribution in [0, 0.1) is 0 Å². The summed E-state index contributed by atoms with van der Waals surface area (Å²) in [5.74, 6) is 2.98. The maximum absolute atomic E-state index is 5.09. The van der Waals surface area contributed by atoms with Gasteiger partial charge in [0.25, 0.3) is 0 Å². The molecule has 0 amide bonds. The van der Waals surface area contributed by atoms with Crippen molar-refractivity contribution in [2.75, 3.05) is 0 Å². The molecule has 0 saturated carbocycles. The minimum Gasteiger partial charge on any atom is -0.469 e. The summed E-state index contributed by atoms with van der Waals surface area (Å²) in [7, 11) is 0. The maximum atomic E-state index is 5.09. The van der Waals surface area contributed by atoms with E-state index in [1.807, 2.05) is 18.2 Å². The third kappa shape index (κ3) is 3.93. The molecule has 2 aromatic heterocycles. The van der Waals surface area contributed by atoms with Crippen LogP contribution in [0.25, 0.3) is 0 Å². The first-order valence-corrected chi connectivity index (χ1v) is 5.55. The molecular weight excluding hydrogens is 202 g/mol. The molecule has 3 nitrogen and oxygen atoms in total. The van der Waals surface area contributed by atoms with Gasteiger partial charge in [0.2, 0.25) is 0 Å². The zero-order chi connectivity index (χ0) is 12.0. The van der Waals surface area contributed by atoms with Gasteiger partial charge in [0.1, 0.15) is 11.5 Å². The Morgan fingerprint density at radius 3 is 1.94 bits per heavy atom. The largest absolute Gasteiger partial charge is 0.469 e. The van der Waals surface area contributed by atoms with E-state index in [1.165, 1.54) is 0 Å². The number of nitrogens with zero attached hydrogens (tertiary/aromatic N) is 1. The van der Waals surface area contributed by atoms with Crippen LogP contribution in [0.15, 0.2) is 39.6 Å². The quantitative estimate of drug-likeness (QED) is 0.762. The van der Waals surface area contributed by atoms with Crippen LogP contribution in [0.4, 0.5) is 0 Å². The highest BCUT2D eigenvalue weighted by molar-refractivity contribution is 5.02. The van der Waals surface area contributed by atoms with Crippen molar-refractivity contribution in [3.8, 4) is 0 Å². The fraction of sp³-hybridized carbons (Fsp3) is 0.462. The Balaban J connectivity index is 0.000000160. The van der Waals surface area contributed by atoms with Crippen LogP contribution in [-0.4, -0.2) is 5.16 Å². The second-order valence-electron chi connectivity index (χ2n) is 4.24. The van der Waals surface area contributed by atoms with Crippen molar-refractivity contribution in [3.05, 3.63) is 42.2 Å². The Kier molecular flexibility index (Phi) is 4.83. The van der Waals surface area contributed by atoms with Gasteiger partial charge in [0, 0.05) is 17.9 Å². The Morgan fingerprint density at radius 2 is 1.69 bits per heavy atom. The molecule has 2 heterocycles. The Labute approximate surface area is 96.4 Å². The minimum atomic E-state index is 0.456. The highest BCUT2D eigenvalue weighted by Gasteiger charge is 1.99. The molecule has 0 N–H and O–H groups in total. The van der Waals surface area contributed by atoms with Crippen LogP contribution in [0.2, 0.25) is 0 Å². The van der Waals surface area contributed by atoms with E-state index in [2.05, 4.69) is 32.9 Å². The molecule has 0 radical (unpaired) electrons. The van der Waals surface area contributed by atoms with Crippen LogP contribution < -0.4 is 0 Å². The summed E-state index contributed by atoms with van der Waals surface area (Å²) in [6.07, 6.45) is 3.37. The van der Waals surface area contributed by atoms with E-state index in [9.17, 15) is 0 Å². The van der Waals surface area contributed by atoms with Gasteiger partial charge in [0.05, 0.1) is 12.5 Å². The first-order valence-electron chi connectivity index (χ1n) is 5.55. The number of furan rings is 1. The first kappa shape index (κ1) is 12.6. The fourth-order valence-electron chi connectivity index (χ4n) is 1.14. The van der Waals surface area contributed by atoms with Gasteiger partial charge in [-0.25, -0.2) is 0 Å². The monoisotopic (exact) mass is 221 g/mol. The van der Waals surface area contributed by atoms with Crippen LogP contribution in [0.3, 0.4) is 0 Å². The predicted molar refractivity (Wildman–Crippen MR) is 63.4 cm³/mol. The minimum absolute atomic E-state index is 0.456. The highest BCUT2D eigenvalue weighted by Crippen LogP contribution is 2.12. The van der Waals surface area contributed by atoms with Crippen molar-refractivity contribution in [2.24, 2.45) is 0 Å². The van der Waals surface area contributed by atoms with Gasteiger partial charge >= 0.3 is 0 Å². The molecule has 2 rings (SSSR count). The Bertz CT molecular complexity index is 322. The van der Waals surface area contributed by atoms with Crippen LogP contribution in [0.5, 0.6) is 0 Å². The topological polar surface area (TPSA) is 39.2 Å². The summed E-state index contributed by atoms with van der Waals surface area (Å²) in [5, 5.41) is 3.57. The lowest BCUT2D eigenvalue weighted by atomic mass is 10.2. The molecule has 0 aliphatic rings. The molecule has 3 heteroatoms. The van der Waals surface area contributed by atoms with Crippen LogP contribution in [0.1, 0.15) is 51.1 Å². The van der Waals surface area contributed by atoms with E-state index in [1.54, 1.807) is 12.5 Å². The molecular formula is C13H19NO2. The second-order valence-corrected chi connectivity index (χ2v) is 4.24. The normalized spacial score (nSPS) is 10.4. The van der Waals surface area contributed by atoms with Gasteiger partial charge in [0.15, 0.2) is 0 Å². The van der Waals surface area contributed by atoms with Gasteiger partial charge in [-0.2, -0.15) is 0 Å². The molecule has 0 aliphatic heterocycles. The molecule has 0 aliphatic carbocycles. The van der Waals surface area contributed by atoms with Crippen molar-refractivity contribution < 1.29 is 8.94 Å². The number of aromatic nitrogens is 1. The average Bonchev–Trinajstić information content (AvgIpc) is 2.93. The van der Waals surface area contributed by atoms with E-state index in [-0.39, 0.29) is 0 Å². The predicted octanol–water partition coefficient (Wildman–Crippen LogP) is 4.20. The third-order valence-electron chi connectivity index (χ3n) is 2.14. The summed E-state index contributed by atoms with van der Waals surface area (Å²) in [6.45, 7) is 8.36. The van der Waals surface area contributed by atoms with E-state index in [0.717, 1.165) is 11.5 Å². The lowest BCUT2D eigenvalue weighted by Gasteiger charge is -1.94. The van der Waals surface area contributed by atoms with Gasteiger partial charge in [-0.15, -0.1) is 0 Å². The number of rotatable bonds is 2. The SMILES string of the molecule is CC(C)c1ccco1.CC(C)c1ccno1. The molecule has 0 spiro atoms. The van der Waals surface area contributed by atoms with Crippen molar-refractivity contribution in [1.82, 2.24) is 5.16 Å². The molecule has 0 bridgehead atoms. The van der Waals surface area contributed by atoms with Crippen molar-refractivity contribution in [1.29, 1.82) is 0 Å². The summed E-state index contributed by atoms with van der Waals surface area (Å²) < 4.78 is 9.94. The van der Waals surface area contributed by atoms with Gasteiger partial charge < -0.3 is 8.94 Å². The zero-order valence-corrected chi connectivity index (χ0v) is 10.3. The smallest absolute Gasteiger partial charge is 0.139 e. The molecule has 2 aromatic rings. The second kappa shape index (κ2) is 6.16. The van der Waals surface area contributed by atoms with Gasteiger partial charge in [-0.3, -0.25) is 0 Å². The van der Waals surface area contributed by atoms with Crippen LogP contribution in [-0.2, 0) is 0 Å². The molecule has 16 heavy (non-hydrogen) atoms. The molecule has 0 aromatic carbocycles. The van der Waals surface area contributed by atoms with E-state index in [0.29, 0.717) is 11.8 Å². The molecule has 88 valence electrons. The zero-order valence-electron chi connectivity index (χ0n) is 10.3. The summed E-state index contributed by atoms with van der Waals surface area (Å²) in [4.78, 5) is 0. The average molecular weight is 221 g/mol. The fourth-order valence-corrected chi connectivity index (χ4v) is 1.14. The maximum Gasteiger partial charge on any atom is 0.139 e. The van der Waals surface area contributed by atoms with E-state index in [4.69, 9.17) is 8.94 Å². The molecule has 0 saturated heterocycles. The summed E-state index contributed by atoms with van der Waals surface area (Å²) in [6, 6.07) is 5.78. The van der Waals surface area contributed by atoms with E-state index < -0.39 is 0 Å². The number of hydrogen-bond acceptors (Lipinski definition) is 3. The third-order valence-corrected chi connectivity index (χ3v) is 2.14. The highest BCUT2D eigenvalue weighted by atomic mass is 16.5. The molecule has 0 fully saturated rings. The molecule has 0 unspecified atom stereocenters. The standard InChI is InChI=1S/C7H10O.C6H9NO/c1-6(2)7-4-3-5-8-7;1-5(2)6-3-4-7-8-6/h3-6H,1-2H3;3-5H,1-2H3. The lowest BCUT2D eigenvalue weighted by Crippen LogP contribution is -1.79. The first-order chi connectivity index (χ1) is 7.61. The Morgan fingerprint density at radius 1 is 1.00 bits per heavy atom. The van der Waals surface area contributed by atoms with Crippen molar-refractivity contribution >= 4 is 0 Å². The summed E-state index contributed by atoms with van der Waals surface area (Å²) in [5.41, 5.74) is 0. The summed E-state index contributed by atoms with van der Waals surface area (Å²) >= 11 is 0. The number of hydrogen-bond donors (Lipinski definition) is 0. The Hall–Kier alpha value is -1.51. The van der Waals surface area contributed by atoms with Crippen LogP contribution >= 0.6 is 0 Å².